The highest BCUT2D eigenvalue weighted by Gasteiger charge is 2.39. The quantitative estimate of drug-likeness (QED) is 0.0214. The summed E-state index contributed by atoms with van der Waals surface area (Å²) in [5.74, 6) is -9.05. The fourth-order valence-corrected chi connectivity index (χ4v) is 15.1. The molecule has 27 nitrogen and oxygen atoms in total. The summed E-state index contributed by atoms with van der Waals surface area (Å²) in [5, 5.41) is 48.0. The molecule has 0 bridgehead atoms. The summed E-state index contributed by atoms with van der Waals surface area (Å²) in [6, 6.07) is -1.39. The van der Waals surface area contributed by atoms with Crippen molar-refractivity contribution in [3.05, 3.63) is 0 Å². The van der Waals surface area contributed by atoms with Crippen molar-refractivity contribution < 1.29 is 111 Å². The zero-order chi connectivity index (χ0) is 89.8. The van der Waals surface area contributed by atoms with Crippen LogP contribution in [-0.2, 0) is 85.8 Å². The summed E-state index contributed by atoms with van der Waals surface area (Å²) in [7, 11) is 1.51. The van der Waals surface area contributed by atoms with Crippen molar-refractivity contribution in [1.82, 2.24) is 19.6 Å². The maximum atomic E-state index is 14.2. The lowest BCUT2D eigenvalue weighted by Crippen LogP contribution is -2.50. The van der Waals surface area contributed by atoms with Gasteiger partial charge in [-0.05, 0) is 32.1 Å². The van der Waals surface area contributed by atoms with Gasteiger partial charge in [-0.2, -0.15) is 0 Å². The molecule has 0 aliphatic carbocycles. The Bertz CT molecular complexity index is 2390. The number of amides is 1. The maximum absolute atomic E-state index is 14.2. The van der Waals surface area contributed by atoms with Crippen LogP contribution < -0.4 is 0 Å². The molecule has 3 atom stereocenters. The maximum Gasteiger partial charge on any atom is 0.320 e. The normalized spacial score (nSPS) is 12.6. The fraction of sp³-hybridized carbons (Fsp3) is 0.895. The van der Waals surface area contributed by atoms with Crippen LogP contribution in [0.4, 0.5) is 0 Å². The Hall–Kier alpha value is -5.58. The Morgan fingerprint density at radius 1 is 0.279 bits per heavy atom. The number of carbonyl (C=O) groups is 10. The number of hydrogen-bond acceptors (Lipinski definition) is 21. The predicted molar refractivity (Wildman–Crippen MR) is 478 cm³/mol. The fourth-order valence-electron chi connectivity index (χ4n) is 15.1. The first kappa shape index (κ1) is 116. The molecule has 0 aliphatic heterocycles. The summed E-state index contributed by atoms with van der Waals surface area (Å²) < 4.78 is 48.9. The SMILES string of the molecule is CCCCCCCCCCCCCCCC(=O)OCC(OC(=O)CCCCCCCCCCCCCCC)C(OCCOCCOCCOCCN(C)C(=O)CCC(C(=O)O)N(CCN(CC(=O)O)CC(=O)O)CCN(CC(=O)O)CC(=O)O)C(COC(=O)CCCCCCCCCCCCCCC)OC(=O)CCCCCCCCCCCCCCC. The molecule has 0 aromatic rings. The Kier molecular flexibility index (Phi) is 82.2. The number of esters is 4. The minimum Gasteiger partial charge on any atom is -0.480 e. The van der Waals surface area contributed by atoms with Crippen LogP contribution in [0.1, 0.15) is 400 Å². The molecule has 3 unspecified atom stereocenters. The third-order valence-electron chi connectivity index (χ3n) is 22.5. The van der Waals surface area contributed by atoms with E-state index in [-0.39, 0.29) is 131 Å². The molecule has 5 N–H and O–H groups in total. The van der Waals surface area contributed by atoms with Crippen LogP contribution in [0.5, 0.6) is 0 Å². The summed E-state index contributed by atoms with van der Waals surface area (Å²) in [6.45, 7) is 5.23. The van der Waals surface area contributed by atoms with Crippen molar-refractivity contribution in [1.29, 1.82) is 0 Å². The molecule has 122 heavy (non-hydrogen) atoms. The van der Waals surface area contributed by atoms with E-state index in [0.29, 0.717) is 25.7 Å². The average Bonchev–Trinajstić information content (AvgIpc) is 0.852. The van der Waals surface area contributed by atoms with Gasteiger partial charge in [0, 0.05) is 71.9 Å². The number of likely N-dealkylation sites (N-methyl/N-ethyl adjacent to an activating group) is 1. The van der Waals surface area contributed by atoms with E-state index in [9.17, 15) is 73.5 Å². The first-order valence-corrected chi connectivity index (χ1v) is 48.7. The molecule has 0 rings (SSSR count). The van der Waals surface area contributed by atoms with E-state index in [1.807, 2.05) is 0 Å². The lowest BCUT2D eigenvalue weighted by Gasteiger charge is -2.32. The zero-order valence-corrected chi connectivity index (χ0v) is 77.4. The van der Waals surface area contributed by atoms with Crippen LogP contribution in [-0.4, -0.2) is 255 Å². The van der Waals surface area contributed by atoms with Crippen molar-refractivity contribution in [2.45, 2.75) is 424 Å². The Balaban J connectivity index is 6.59. The van der Waals surface area contributed by atoms with Gasteiger partial charge in [0.05, 0.1) is 72.4 Å². The number of nitrogens with zero attached hydrogens (tertiary/aromatic N) is 4. The number of rotatable bonds is 96. The number of aliphatic carboxylic acids is 5. The highest BCUT2D eigenvalue weighted by molar-refractivity contribution is 5.79. The first-order chi connectivity index (χ1) is 59.2. The third kappa shape index (κ3) is 76.8. The van der Waals surface area contributed by atoms with Gasteiger partial charge in [-0.15, -0.1) is 0 Å². The molecule has 0 aromatic heterocycles. The average molecular weight is 1740 g/mol. The van der Waals surface area contributed by atoms with Crippen molar-refractivity contribution in [3.8, 4) is 0 Å². The summed E-state index contributed by atoms with van der Waals surface area (Å²) in [4.78, 5) is 133. The van der Waals surface area contributed by atoms with Gasteiger partial charge in [-0.1, -0.05) is 336 Å². The number of hydrogen-bond donors (Lipinski definition) is 5. The van der Waals surface area contributed by atoms with E-state index in [4.69, 9.17) is 37.9 Å². The Morgan fingerprint density at radius 2 is 0.525 bits per heavy atom. The molecule has 0 saturated heterocycles. The monoisotopic (exact) mass is 1740 g/mol. The molecule has 0 saturated carbocycles. The molecule has 1 amide bonds. The third-order valence-corrected chi connectivity index (χ3v) is 22.5. The summed E-state index contributed by atoms with van der Waals surface area (Å²) in [5.41, 5.74) is 0. The van der Waals surface area contributed by atoms with Crippen molar-refractivity contribution >= 4 is 59.6 Å². The van der Waals surface area contributed by atoms with Crippen LogP contribution >= 0.6 is 0 Å². The van der Waals surface area contributed by atoms with Crippen LogP contribution in [0, 0.1) is 0 Å². The predicted octanol–water partition coefficient (Wildman–Crippen LogP) is 19.2. The second-order valence-electron chi connectivity index (χ2n) is 33.8. The van der Waals surface area contributed by atoms with E-state index < -0.39 is 110 Å². The van der Waals surface area contributed by atoms with Gasteiger partial charge >= 0.3 is 53.7 Å². The molecule has 0 heterocycles. The van der Waals surface area contributed by atoms with Gasteiger partial charge in [0.25, 0.3) is 0 Å². The summed E-state index contributed by atoms with van der Waals surface area (Å²) in [6.07, 6.45) is 55.8. The van der Waals surface area contributed by atoms with Gasteiger partial charge in [0.2, 0.25) is 5.91 Å². The van der Waals surface area contributed by atoms with Gasteiger partial charge < -0.3 is 68.3 Å². The van der Waals surface area contributed by atoms with E-state index in [1.165, 1.54) is 235 Å². The minimum absolute atomic E-state index is 0.00919. The standard InChI is InChI=1S/C95H176N4O23/c1-6-10-14-18-22-26-30-34-38-42-46-50-54-58-90(109)119-80-83(121-92(111)60-56-52-48-44-40-36-32-28-24-20-16-12-8-3)94(84(122-93(112)61-57-53-49-45-41-37-33-29-25-21-17-13-9-4)81-120-91(110)59-55-51-47-43-39-35-31-27-23-19-15-11-7-2)118-75-74-117-73-72-116-71-70-115-69-68-96(5)85(100)63-62-82(95(113)114)99(66-64-97(76-86(101)102)77-87(103)104)67-65-98(78-88(105)106)79-89(107)108/h82-84,94H,6-81H2,1-5H3,(H,101,102)(H,103,104)(H,105,106)(H,107,108)(H,113,114). The largest absolute Gasteiger partial charge is 0.480 e. The van der Waals surface area contributed by atoms with E-state index in [2.05, 4.69) is 27.7 Å². The number of carboxylic acid groups (broad SMARTS) is 5. The highest BCUT2D eigenvalue weighted by atomic mass is 16.6. The van der Waals surface area contributed by atoms with Gasteiger partial charge in [-0.25, -0.2) is 0 Å². The molecule has 0 aromatic carbocycles. The molecular formula is C95H176N4O23. The minimum atomic E-state index is -1.39. The number of carbonyl (C=O) groups excluding carboxylic acids is 5. The van der Waals surface area contributed by atoms with Crippen LogP contribution in [0.25, 0.3) is 0 Å². The van der Waals surface area contributed by atoms with E-state index >= 15 is 0 Å². The summed E-state index contributed by atoms with van der Waals surface area (Å²) >= 11 is 0. The van der Waals surface area contributed by atoms with Crippen molar-refractivity contribution in [3.63, 3.8) is 0 Å². The Labute approximate surface area is 737 Å². The second kappa shape index (κ2) is 86.2. The lowest BCUT2D eigenvalue weighted by molar-refractivity contribution is -0.194. The van der Waals surface area contributed by atoms with Crippen molar-refractivity contribution in [2.75, 3.05) is 125 Å². The first-order valence-electron chi connectivity index (χ1n) is 48.7. The topological polar surface area (TPSA) is 359 Å². The number of unbranched alkanes of at least 4 members (excludes halogenated alkanes) is 48. The van der Waals surface area contributed by atoms with E-state index in [1.54, 1.807) is 0 Å². The zero-order valence-electron chi connectivity index (χ0n) is 77.4. The molecule has 714 valence electrons. The lowest BCUT2D eigenvalue weighted by atomic mass is 10.0. The van der Waals surface area contributed by atoms with Crippen LogP contribution in [0.2, 0.25) is 0 Å². The molecule has 0 aliphatic rings. The molecule has 0 radical (unpaired) electrons. The number of ether oxygens (including phenoxy) is 8. The van der Waals surface area contributed by atoms with Crippen molar-refractivity contribution in [2.24, 2.45) is 0 Å². The number of carboxylic acids is 5. The van der Waals surface area contributed by atoms with Gasteiger partial charge in [0.1, 0.15) is 25.4 Å². The van der Waals surface area contributed by atoms with Gasteiger partial charge in [0.15, 0.2) is 12.2 Å². The van der Waals surface area contributed by atoms with Gasteiger partial charge in [-0.3, -0.25) is 62.6 Å². The molecule has 0 spiro atoms. The van der Waals surface area contributed by atoms with Crippen LogP contribution in [0.15, 0.2) is 0 Å². The molecule has 27 heteroatoms. The second-order valence-corrected chi connectivity index (χ2v) is 33.8. The van der Waals surface area contributed by atoms with Crippen LogP contribution in [0.3, 0.4) is 0 Å². The molecule has 0 fully saturated rings. The highest BCUT2D eigenvalue weighted by Crippen LogP contribution is 2.23. The van der Waals surface area contributed by atoms with E-state index in [0.717, 1.165) is 99.7 Å². The smallest absolute Gasteiger partial charge is 0.320 e. The molecular weight excluding hydrogens is 1570 g/mol. The Morgan fingerprint density at radius 3 is 0.787 bits per heavy atom.